The van der Waals surface area contributed by atoms with Gasteiger partial charge in [0, 0.05) is 7.05 Å². The smallest absolute Gasteiger partial charge is 0.319 e. The zero-order valence-electron chi connectivity index (χ0n) is 11.3. The summed E-state index contributed by atoms with van der Waals surface area (Å²) in [5, 5.41) is 17.8. The van der Waals surface area contributed by atoms with Gasteiger partial charge in [0.2, 0.25) is 0 Å². The molecule has 2 rings (SSSR count). The number of nitrogens with one attached hydrogen (secondary N) is 2. The lowest BCUT2D eigenvalue weighted by molar-refractivity contribution is -0.136. The standard InChI is InChI=1S/C12H14N6O3/c1-18-7-15-10(17-18)6-14-12(21)16-9-3-2-8(13-5-9)4-11(19)20/h2-3,5,7H,4,6H2,1H3,(H,19,20)(H2,14,16,21). The molecule has 0 bridgehead atoms. The number of carboxylic acids is 1. The van der Waals surface area contributed by atoms with Crippen molar-refractivity contribution in [3.8, 4) is 0 Å². The predicted molar refractivity (Wildman–Crippen MR) is 72.4 cm³/mol. The highest BCUT2D eigenvalue weighted by Gasteiger charge is 2.06. The molecule has 2 amide bonds. The minimum Gasteiger partial charge on any atom is -0.481 e. The van der Waals surface area contributed by atoms with Gasteiger partial charge in [0.05, 0.1) is 30.5 Å². The van der Waals surface area contributed by atoms with E-state index in [0.29, 0.717) is 17.2 Å². The quantitative estimate of drug-likeness (QED) is 0.721. The second-order valence-corrected chi connectivity index (χ2v) is 4.25. The molecular formula is C12H14N6O3. The lowest BCUT2D eigenvalue weighted by atomic mass is 10.2. The molecule has 0 unspecified atom stereocenters. The minimum absolute atomic E-state index is 0.155. The maximum Gasteiger partial charge on any atom is 0.319 e. The van der Waals surface area contributed by atoms with Crippen molar-refractivity contribution in [2.75, 3.05) is 5.32 Å². The van der Waals surface area contributed by atoms with Crippen molar-refractivity contribution in [3.05, 3.63) is 36.2 Å². The van der Waals surface area contributed by atoms with Crippen LogP contribution in [0, 0.1) is 0 Å². The topological polar surface area (TPSA) is 122 Å². The fourth-order valence-electron chi connectivity index (χ4n) is 1.56. The van der Waals surface area contributed by atoms with Gasteiger partial charge in [0.25, 0.3) is 0 Å². The van der Waals surface area contributed by atoms with Crippen LogP contribution in [-0.2, 0) is 24.8 Å². The maximum absolute atomic E-state index is 11.6. The van der Waals surface area contributed by atoms with Crippen LogP contribution < -0.4 is 10.6 Å². The fraction of sp³-hybridized carbons (Fsp3) is 0.250. The van der Waals surface area contributed by atoms with Gasteiger partial charge in [0.15, 0.2) is 5.82 Å². The highest BCUT2D eigenvalue weighted by atomic mass is 16.4. The average Bonchev–Trinajstić information content (AvgIpc) is 2.84. The van der Waals surface area contributed by atoms with Crippen molar-refractivity contribution in [2.24, 2.45) is 7.05 Å². The van der Waals surface area contributed by atoms with Crippen LogP contribution in [0.15, 0.2) is 24.7 Å². The van der Waals surface area contributed by atoms with Crippen LogP contribution in [0.5, 0.6) is 0 Å². The molecule has 0 fully saturated rings. The number of carboxylic acid groups (broad SMARTS) is 1. The minimum atomic E-state index is -0.955. The zero-order valence-corrected chi connectivity index (χ0v) is 11.3. The van der Waals surface area contributed by atoms with Gasteiger partial charge in [0.1, 0.15) is 6.33 Å². The maximum atomic E-state index is 11.6. The van der Waals surface area contributed by atoms with Crippen LogP contribution in [-0.4, -0.2) is 36.9 Å². The van der Waals surface area contributed by atoms with Gasteiger partial charge < -0.3 is 15.7 Å². The molecular weight excluding hydrogens is 276 g/mol. The van der Waals surface area contributed by atoms with Crippen LogP contribution in [0.4, 0.5) is 10.5 Å². The van der Waals surface area contributed by atoms with E-state index in [4.69, 9.17) is 5.11 Å². The van der Waals surface area contributed by atoms with Gasteiger partial charge in [-0.25, -0.2) is 9.78 Å². The molecule has 2 aromatic heterocycles. The Bertz CT molecular complexity index is 637. The van der Waals surface area contributed by atoms with Crippen LogP contribution >= 0.6 is 0 Å². The second-order valence-electron chi connectivity index (χ2n) is 4.25. The van der Waals surface area contributed by atoms with Gasteiger partial charge in [-0.15, -0.1) is 0 Å². The first-order valence-corrected chi connectivity index (χ1v) is 6.09. The summed E-state index contributed by atoms with van der Waals surface area (Å²) in [6.07, 6.45) is 2.79. The third-order valence-electron chi connectivity index (χ3n) is 2.47. The first-order chi connectivity index (χ1) is 10.0. The number of carbonyl (C=O) groups excluding carboxylic acids is 1. The number of aryl methyl sites for hydroxylation is 1. The highest BCUT2D eigenvalue weighted by molar-refractivity contribution is 5.88. The number of nitrogens with zero attached hydrogens (tertiary/aromatic N) is 4. The van der Waals surface area contributed by atoms with Crippen LogP contribution in [0.3, 0.4) is 0 Å². The Morgan fingerprint density at radius 2 is 2.14 bits per heavy atom. The number of hydrogen-bond donors (Lipinski definition) is 3. The molecule has 2 heterocycles. The van der Waals surface area contributed by atoms with E-state index in [1.807, 2.05) is 0 Å². The van der Waals surface area contributed by atoms with Crippen LogP contribution in [0.2, 0.25) is 0 Å². The third-order valence-corrected chi connectivity index (χ3v) is 2.47. The Hall–Kier alpha value is -2.97. The third kappa shape index (κ3) is 4.56. The molecule has 0 saturated heterocycles. The number of pyridine rings is 1. The van der Waals surface area contributed by atoms with Crippen molar-refractivity contribution >= 4 is 17.7 Å². The predicted octanol–water partition coefficient (Wildman–Crippen LogP) is 0.159. The molecule has 2 aromatic rings. The Morgan fingerprint density at radius 3 is 2.71 bits per heavy atom. The lowest BCUT2D eigenvalue weighted by Gasteiger charge is -2.06. The molecule has 0 aliphatic rings. The van der Waals surface area contributed by atoms with E-state index in [1.54, 1.807) is 30.2 Å². The molecule has 21 heavy (non-hydrogen) atoms. The number of aliphatic carboxylic acids is 1. The highest BCUT2D eigenvalue weighted by Crippen LogP contribution is 2.06. The van der Waals surface area contributed by atoms with Gasteiger partial charge in [-0.05, 0) is 12.1 Å². The van der Waals surface area contributed by atoms with E-state index in [1.165, 1.54) is 6.20 Å². The molecule has 110 valence electrons. The summed E-state index contributed by atoms with van der Waals surface area (Å²) in [5.74, 6) is -0.452. The molecule has 0 saturated carbocycles. The Kier molecular flexibility index (Phi) is 4.44. The first-order valence-electron chi connectivity index (χ1n) is 6.09. The molecule has 0 radical (unpaired) electrons. The Balaban J connectivity index is 1.83. The molecule has 9 heteroatoms. The summed E-state index contributed by atoms with van der Waals surface area (Å²) < 4.78 is 1.54. The Morgan fingerprint density at radius 1 is 1.33 bits per heavy atom. The van der Waals surface area contributed by atoms with Crippen molar-refractivity contribution in [1.82, 2.24) is 25.1 Å². The number of urea groups is 1. The molecule has 3 N–H and O–H groups in total. The SMILES string of the molecule is Cn1cnc(CNC(=O)Nc2ccc(CC(=O)O)nc2)n1. The largest absolute Gasteiger partial charge is 0.481 e. The van der Waals surface area contributed by atoms with Gasteiger partial charge in [-0.1, -0.05) is 0 Å². The van der Waals surface area contributed by atoms with Crippen LogP contribution in [0.1, 0.15) is 11.5 Å². The summed E-state index contributed by atoms with van der Waals surface area (Å²) in [6.45, 7) is 0.206. The number of carbonyl (C=O) groups is 2. The summed E-state index contributed by atoms with van der Waals surface area (Å²) >= 11 is 0. The normalized spacial score (nSPS) is 10.1. The van der Waals surface area contributed by atoms with Crippen molar-refractivity contribution < 1.29 is 14.7 Å². The summed E-state index contributed by atoms with van der Waals surface area (Å²) in [7, 11) is 1.74. The van der Waals surface area contributed by atoms with Crippen molar-refractivity contribution in [1.29, 1.82) is 0 Å². The molecule has 0 aliphatic heterocycles. The molecule has 0 spiro atoms. The zero-order chi connectivity index (χ0) is 15.2. The van der Waals surface area contributed by atoms with E-state index in [9.17, 15) is 9.59 Å². The molecule has 0 aliphatic carbocycles. The fourth-order valence-corrected chi connectivity index (χ4v) is 1.56. The summed E-state index contributed by atoms with van der Waals surface area (Å²) in [4.78, 5) is 30.1. The van der Waals surface area contributed by atoms with E-state index in [0.717, 1.165) is 0 Å². The molecule has 0 aromatic carbocycles. The van der Waals surface area contributed by atoms with Crippen LogP contribution in [0.25, 0.3) is 0 Å². The number of anilines is 1. The van der Waals surface area contributed by atoms with Gasteiger partial charge in [-0.2, -0.15) is 5.10 Å². The monoisotopic (exact) mass is 290 g/mol. The number of rotatable bonds is 5. The number of amides is 2. The molecule has 9 nitrogen and oxygen atoms in total. The summed E-state index contributed by atoms with van der Waals surface area (Å²) in [5.41, 5.74) is 0.891. The Labute approximate surface area is 120 Å². The van der Waals surface area contributed by atoms with E-state index < -0.39 is 12.0 Å². The lowest BCUT2D eigenvalue weighted by Crippen LogP contribution is -2.28. The van der Waals surface area contributed by atoms with E-state index in [2.05, 4.69) is 25.7 Å². The second kappa shape index (κ2) is 6.46. The van der Waals surface area contributed by atoms with E-state index >= 15 is 0 Å². The first kappa shape index (κ1) is 14.4. The van der Waals surface area contributed by atoms with Gasteiger partial charge in [-0.3, -0.25) is 14.5 Å². The van der Waals surface area contributed by atoms with Crippen molar-refractivity contribution in [2.45, 2.75) is 13.0 Å². The van der Waals surface area contributed by atoms with Crippen molar-refractivity contribution in [3.63, 3.8) is 0 Å². The average molecular weight is 290 g/mol. The van der Waals surface area contributed by atoms with E-state index in [-0.39, 0.29) is 13.0 Å². The molecule has 0 atom stereocenters. The number of hydrogen-bond acceptors (Lipinski definition) is 5. The van der Waals surface area contributed by atoms with Gasteiger partial charge >= 0.3 is 12.0 Å². The number of aromatic nitrogens is 4. The summed E-state index contributed by atoms with van der Waals surface area (Å²) in [6, 6.07) is 2.71.